The highest BCUT2D eigenvalue weighted by molar-refractivity contribution is 14.1. The Morgan fingerprint density at radius 3 is 2.59 bits per heavy atom. The summed E-state index contributed by atoms with van der Waals surface area (Å²) in [5.41, 5.74) is 0.705. The monoisotopic (exact) mass is 433 g/mol. The second kappa shape index (κ2) is 6.74. The fourth-order valence-corrected chi connectivity index (χ4v) is 3.76. The van der Waals surface area contributed by atoms with E-state index in [-0.39, 0.29) is 22.0 Å². The van der Waals surface area contributed by atoms with Gasteiger partial charge in [-0.15, -0.1) is 11.3 Å². The summed E-state index contributed by atoms with van der Waals surface area (Å²) >= 11 is 3.04. The van der Waals surface area contributed by atoms with Crippen LogP contribution in [0, 0.1) is 9.39 Å². The van der Waals surface area contributed by atoms with Gasteiger partial charge in [-0.05, 0) is 59.7 Å². The molecule has 0 aliphatic carbocycles. The minimum atomic E-state index is -1.13. The summed E-state index contributed by atoms with van der Waals surface area (Å²) in [6.45, 7) is 3.18. The Hall–Kier alpha value is -1.48. The molecule has 0 saturated heterocycles. The fraction of sp³-hybridized carbons (Fsp3) is 0.200. The highest BCUT2D eigenvalue weighted by atomic mass is 127. The number of rotatable bonds is 5. The maximum absolute atomic E-state index is 13.9. The van der Waals surface area contributed by atoms with Gasteiger partial charge in [-0.25, -0.2) is 9.18 Å². The first kappa shape index (κ1) is 16.9. The molecule has 0 atom stereocenters. The van der Waals surface area contributed by atoms with Gasteiger partial charge in [0, 0.05) is 3.57 Å². The maximum Gasteiger partial charge on any atom is 0.339 e. The van der Waals surface area contributed by atoms with E-state index < -0.39 is 11.8 Å². The molecule has 2 rings (SSSR count). The first-order valence-corrected chi connectivity index (χ1v) is 8.36. The van der Waals surface area contributed by atoms with E-state index in [0.29, 0.717) is 16.9 Å². The van der Waals surface area contributed by atoms with Gasteiger partial charge in [0.1, 0.15) is 10.8 Å². The molecule has 0 fully saturated rings. The lowest BCUT2D eigenvalue weighted by Gasteiger charge is -2.07. The molecule has 1 heterocycles. The van der Waals surface area contributed by atoms with Crippen LogP contribution in [0.3, 0.4) is 0 Å². The van der Waals surface area contributed by atoms with Gasteiger partial charge >= 0.3 is 5.97 Å². The van der Waals surface area contributed by atoms with Gasteiger partial charge in [0.25, 0.3) is 0 Å². The lowest BCUT2D eigenvalue weighted by Crippen LogP contribution is -2.05. The van der Waals surface area contributed by atoms with Crippen molar-refractivity contribution in [1.29, 1.82) is 0 Å². The number of aromatic carboxylic acids is 1. The molecule has 0 amide bonds. The zero-order chi connectivity index (χ0) is 16.4. The molecular weight excluding hydrogens is 420 g/mol. The Balaban J connectivity index is 2.54. The first-order chi connectivity index (χ1) is 10.3. The smallest absolute Gasteiger partial charge is 0.339 e. The predicted octanol–water partition coefficient (Wildman–Crippen LogP) is 4.70. The number of Topliss-reactive ketones (excluding diaryl/α,β-unsaturated/α-hetero) is 1. The lowest BCUT2D eigenvalue weighted by atomic mass is 10.1. The quantitative estimate of drug-likeness (QED) is 0.530. The van der Waals surface area contributed by atoms with Crippen LogP contribution in [0.4, 0.5) is 15.1 Å². The van der Waals surface area contributed by atoms with Crippen molar-refractivity contribution in [3.8, 4) is 0 Å². The Labute approximate surface area is 144 Å². The Morgan fingerprint density at radius 1 is 1.41 bits per heavy atom. The number of benzene rings is 1. The second-order valence-corrected chi connectivity index (χ2v) is 6.84. The van der Waals surface area contributed by atoms with E-state index in [9.17, 15) is 19.1 Å². The topological polar surface area (TPSA) is 66.4 Å². The van der Waals surface area contributed by atoms with Crippen LogP contribution < -0.4 is 5.32 Å². The standard InChI is InChI=1S/C15H13FINO3S/c1-3-9-12(15(20)21)14(22-13(9)7(2)19)18-11-5-4-8(17)6-10(11)16/h4-6,18H,3H2,1-2H3,(H,20,21). The molecule has 0 spiro atoms. The third-order valence-electron chi connectivity index (χ3n) is 3.07. The second-order valence-electron chi connectivity index (χ2n) is 4.58. The van der Waals surface area contributed by atoms with E-state index in [0.717, 1.165) is 14.9 Å². The SMILES string of the molecule is CCc1c(C(C)=O)sc(Nc2ccc(I)cc2F)c1C(=O)O. The summed E-state index contributed by atoms with van der Waals surface area (Å²) in [4.78, 5) is 23.6. The largest absolute Gasteiger partial charge is 0.478 e. The Kier molecular flexibility index (Phi) is 5.17. The third-order valence-corrected chi connectivity index (χ3v) is 4.99. The van der Waals surface area contributed by atoms with Crippen LogP contribution in [0.1, 0.15) is 39.4 Å². The van der Waals surface area contributed by atoms with E-state index in [2.05, 4.69) is 5.32 Å². The van der Waals surface area contributed by atoms with Crippen molar-refractivity contribution in [2.45, 2.75) is 20.3 Å². The van der Waals surface area contributed by atoms with Gasteiger partial charge < -0.3 is 10.4 Å². The van der Waals surface area contributed by atoms with Crippen LogP contribution in [0.25, 0.3) is 0 Å². The Bertz CT molecular complexity index is 757. The normalized spacial score (nSPS) is 10.5. The Morgan fingerprint density at radius 2 is 2.09 bits per heavy atom. The molecule has 0 saturated carbocycles. The summed E-state index contributed by atoms with van der Waals surface area (Å²) in [6, 6.07) is 4.61. The molecule has 7 heteroatoms. The lowest BCUT2D eigenvalue weighted by molar-refractivity contribution is 0.0697. The highest BCUT2D eigenvalue weighted by Gasteiger charge is 2.24. The van der Waals surface area contributed by atoms with Gasteiger partial charge in [-0.3, -0.25) is 4.79 Å². The van der Waals surface area contributed by atoms with Gasteiger partial charge in [-0.1, -0.05) is 6.92 Å². The number of nitrogens with one attached hydrogen (secondary N) is 1. The summed E-state index contributed by atoms with van der Waals surface area (Å²) < 4.78 is 14.7. The minimum Gasteiger partial charge on any atom is -0.478 e. The highest BCUT2D eigenvalue weighted by Crippen LogP contribution is 2.37. The molecular formula is C15H13FINO3S. The van der Waals surface area contributed by atoms with Crippen LogP contribution >= 0.6 is 33.9 Å². The zero-order valence-corrected chi connectivity index (χ0v) is 14.8. The molecule has 0 aliphatic rings. The van der Waals surface area contributed by atoms with E-state index in [1.807, 2.05) is 22.6 Å². The van der Waals surface area contributed by atoms with E-state index >= 15 is 0 Å². The molecule has 4 nitrogen and oxygen atoms in total. The third kappa shape index (κ3) is 3.30. The molecule has 0 bridgehead atoms. The molecule has 0 aliphatic heterocycles. The maximum atomic E-state index is 13.9. The van der Waals surface area contributed by atoms with Gasteiger partial charge in [-0.2, -0.15) is 0 Å². The molecule has 1 aromatic carbocycles. The number of carboxylic acid groups (broad SMARTS) is 1. The summed E-state index contributed by atoms with van der Waals surface area (Å²) in [7, 11) is 0. The number of hydrogen-bond donors (Lipinski definition) is 2. The molecule has 0 radical (unpaired) electrons. The number of ketones is 1. The van der Waals surface area contributed by atoms with E-state index in [4.69, 9.17) is 0 Å². The van der Waals surface area contributed by atoms with Crippen LogP contribution in [0.2, 0.25) is 0 Å². The molecule has 22 heavy (non-hydrogen) atoms. The molecule has 2 aromatic rings. The average molecular weight is 433 g/mol. The zero-order valence-electron chi connectivity index (χ0n) is 11.9. The van der Waals surface area contributed by atoms with Crippen molar-refractivity contribution < 1.29 is 19.1 Å². The van der Waals surface area contributed by atoms with Crippen LogP contribution in [-0.4, -0.2) is 16.9 Å². The molecule has 0 unspecified atom stereocenters. The van der Waals surface area contributed by atoms with Crippen molar-refractivity contribution in [2.75, 3.05) is 5.32 Å². The predicted molar refractivity (Wildman–Crippen MR) is 93.1 cm³/mol. The van der Waals surface area contributed by atoms with Gasteiger partial charge in [0.2, 0.25) is 0 Å². The van der Waals surface area contributed by atoms with Crippen molar-refractivity contribution in [1.82, 2.24) is 0 Å². The van der Waals surface area contributed by atoms with Crippen LogP contribution in [-0.2, 0) is 6.42 Å². The molecule has 2 N–H and O–H groups in total. The summed E-state index contributed by atoms with van der Waals surface area (Å²) in [5, 5.41) is 12.5. The minimum absolute atomic E-state index is 0.0376. The molecule has 116 valence electrons. The van der Waals surface area contributed by atoms with Crippen molar-refractivity contribution in [2.24, 2.45) is 0 Å². The van der Waals surface area contributed by atoms with Gasteiger partial charge in [0.05, 0.1) is 16.1 Å². The van der Waals surface area contributed by atoms with Crippen LogP contribution in [0.15, 0.2) is 18.2 Å². The summed E-state index contributed by atoms with van der Waals surface area (Å²) in [5.74, 6) is -1.80. The van der Waals surface area contributed by atoms with E-state index in [1.54, 1.807) is 19.1 Å². The van der Waals surface area contributed by atoms with Crippen LogP contribution in [0.5, 0.6) is 0 Å². The average Bonchev–Trinajstić information content (AvgIpc) is 2.80. The summed E-state index contributed by atoms with van der Waals surface area (Å²) in [6.07, 6.45) is 0.421. The fourth-order valence-electron chi connectivity index (χ4n) is 2.11. The van der Waals surface area contributed by atoms with Crippen molar-refractivity contribution >= 4 is 56.4 Å². The van der Waals surface area contributed by atoms with Gasteiger partial charge in [0.15, 0.2) is 5.78 Å². The number of carbonyl (C=O) groups excluding carboxylic acids is 1. The number of anilines is 2. The number of hydrogen-bond acceptors (Lipinski definition) is 4. The van der Waals surface area contributed by atoms with Crippen molar-refractivity contribution in [3.05, 3.63) is 43.6 Å². The number of carbonyl (C=O) groups is 2. The first-order valence-electron chi connectivity index (χ1n) is 6.47. The number of thiophene rings is 1. The van der Waals surface area contributed by atoms with Crippen molar-refractivity contribution in [3.63, 3.8) is 0 Å². The number of halogens is 2. The number of carboxylic acids is 1. The molecule has 1 aromatic heterocycles. The van der Waals surface area contributed by atoms with E-state index in [1.165, 1.54) is 13.0 Å².